The van der Waals surface area contributed by atoms with Crippen LogP contribution in [0.15, 0.2) is 45.9 Å². The van der Waals surface area contributed by atoms with Gasteiger partial charge in [-0.25, -0.2) is 9.97 Å². The van der Waals surface area contributed by atoms with Crippen LogP contribution >= 0.6 is 23.1 Å². The van der Waals surface area contributed by atoms with Gasteiger partial charge in [-0.1, -0.05) is 0 Å². The van der Waals surface area contributed by atoms with Crippen molar-refractivity contribution in [2.45, 2.75) is 16.3 Å². The normalized spacial score (nSPS) is 10.8. The SMILES string of the molecule is CCOc1cccnc1Sc1nc2ccc(N)cc2s1. The van der Waals surface area contributed by atoms with Crippen LogP contribution in [0.4, 0.5) is 5.69 Å². The maximum absolute atomic E-state index is 5.79. The smallest absolute Gasteiger partial charge is 0.157 e. The number of thiazole rings is 1. The molecule has 2 N–H and O–H groups in total. The molecule has 0 saturated heterocycles. The average Bonchev–Trinajstić information content (AvgIpc) is 2.82. The van der Waals surface area contributed by atoms with Gasteiger partial charge in [-0.15, -0.1) is 11.3 Å². The highest BCUT2D eigenvalue weighted by molar-refractivity contribution is 8.01. The third kappa shape index (κ3) is 2.71. The Morgan fingerprint density at radius 3 is 3.10 bits per heavy atom. The number of nitrogen functional groups attached to an aromatic ring is 1. The zero-order chi connectivity index (χ0) is 13.9. The minimum atomic E-state index is 0.621. The molecule has 0 bridgehead atoms. The third-order valence-electron chi connectivity index (χ3n) is 2.61. The minimum Gasteiger partial charge on any atom is -0.491 e. The van der Waals surface area contributed by atoms with Crippen molar-refractivity contribution in [2.75, 3.05) is 12.3 Å². The molecule has 102 valence electrons. The molecular weight excluding hydrogens is 290 g/mol. The first kappa shape index (κ1) is 13.2. The topological polar surface area (TPSA) is 61.0 Å². The van der Waals surface area contributed by atoms with Crippen LogP contribution in [0.1, 0.15) is 6.92 Å². The lowest BCUT2D eigenvalue weighted by Crippen LogP contribution is -1.94. The Balaban J connectivity index is 1.93. The van der Waals surface area contributed by atoms with E-state index >= 15 is 0 Å². The summed E-state index contributed by atoms with van der Waals surface area (Å²) >= 11 is 3.13. The zero-order valence-electron chi connectivity index (χ0n) is 10.9. The van der Waals surface area contributed by atoms with E-state index in [9.17, 15) is 0 Å². The van der Waals surface area contributed by atoms with E-state index < -0.39 is 0 Å². The molecule has 0 saturated carbocycles. The lowest BCUT2D eigenvalue weighted by Gasteiger charge is -2.06. The van der Waals surface area contributed by atoms with E-state index in [0.717, 1.165) is 31.0 Å². The molecule has 0 unspecified atom stereocenters. The number of ether oxygens (including phenoxy) is 1. The number of nitrogens with zero attached hydrogens (tertiary/aromatic N) is 2. The summed E-state index contributed by atoms with van der Waals surface area (Å²) < 4.78 is 7.60. The largest absolute Gasteiger partial charge is 0.491 e. The Morgan fingerprint density at radius 2 is 2.25 bits per heavy atom. The van der Waals surface area contributed by atoms with E-state index in [1.165, 1.54) is 11.8 Å². The van der Waals surface area contributed by atoms with Crippen molar-refractivity contribution in [3.05, 3.63) is 36.5 Å². The van der Waals surface area contributed by atoms with E-state index in [2.05, 4.69) is 9.97 Å². The van der Waals surface area contributed by atoms with Crippen molar-refractivity contribution < 1.29 is 4.74 Å². The van der Waals surface area contributed by atoms with Crippen LogP contribution in [-0.4, -0.2) is 16.6 Å². The van der Waals surface area contributed by atoms with Crippen LogP contribution in [0, 0.1) is 0 Å². The first-order valence-electron chi connectivity index (χ1n) is 6.18. The van der Waals surface area contributed by atoms with Gasteiger partial charge in [0.05, 0.1) is 16.8 Å². The summed E-state index contributed by atoms with van der Waals surface area (Å²) in [6.07, 6.45) is 1.76. The van der Waals surface area contributed by atoms with Crippen LogP contribution in [0.5, 0.6) is 5.75 Å². The predicted octanol–water partition coefficient (Wildman–Crippen LogP) is 3.82. The van der Waals surface area contributed by atoms with Crippen LogP contribution in [-0.2, 0) is 0 Å². The van der Waals surface area contributed by atoms with Gasteiger partial charge in [0.15, 0.2) is 10.1 Å². The molecular formula is C14H13N3OS2. The number of nitrogens with two attached hydrogens (primary N) is 1. The summed E-state index contributed by atoms with van der Waals surface area (Å²) in [5, 5.41) is 0.835. The Kier molecular flexibility index (Phi) is 3.75. The first-order chi connectivity index (χ1) is 9.76. The number of hydrogen-bond donors (Lipinski definition) is 1. The van der Waals surface area contributed by atoms with E-state index in [4.69, 9.17) is 10.5 Å². The summed E-state index contributed by atoms with van der Waals surface area (Å²) in [6, 6.07) is 9.53. The number of hydrogen-bond acceptors (Lipinski definition) is 6. The Labute approximate surface area is 125 Å². The van der Waals surface area contributed by atoms with Gasteiger partial charge < -0.3 is 10.5 Å². The molecule has 0 atom stereocenters. The van der Waals surface area contributed by atoms with Crippen molar-refractivity contribution >= 4 is 39.0 Å². The van der Waals surface area contributed by atoms with E-state index in [1.54, 1.807) is 17.5 Å². The maximum atomic E-state index is 5.79. The average molecular weight is 303 g/mol. The molecule has 1 aromatic carbocycles. The maximum Gasteiger partial charge on any atom is 0.157 e. The monoisotopic (exact) mass is 303 g/mol. The molecule has 3 rings (SSSR count). The van der Waals surface area contributed by atoms with Crippen LogP contribution in [0.2, 0.25) is 0 Å². The van der Waals surface area contributed by atoms with E-state index in [-0.39, 0.29) is 0 Å². The van der Waals surface area contributed by atoms with Crippen molar-refractivity contribution in [3.63, 3.8) is 0 Å². The van der Waals surface area contributed by atoms with Crippen LogP contribution < -0.4 is 10.5 Å². The van der Waals surface area contributed by atoms with Gasteiger partial charge in [0.1, 0.15) is 5.03 Å². The van der Waals surface area contributed by atoms with Crippen molar-refractivity contribution in [1.82, 2.24) is 9.97 Å². The van der Waals surface area contributed by atoms with Gasteiger partial charge >= 0.3 is 0 Å². The second-order valence-electron chi connectivity index (χ2n) is 4.05. The lowest BCUT2D eigenvalue weighted by atomic mass is 10.3. The molecule has 0 aliphatic heterocycles. The number of anilines is 1. The lowest BCUT2D eigenvalue weighted by molar-refractivity contribution is 0.329. The fraction of sp³-hybridized carbons (Fsp3) is 0.143. The molecule has 0 amide bonds. The highest BCUT2D eigenvalue weighted by Gasteiger charge is 2.10. The number of benzene rings is 1. The zero-order valence-corrected chi connectivity index (χ0v) is 12.5. The Bertz CT molecular complexity index is 742. The van der Waals surface area contributed by atoms with Gasteiger partial charge in [-0.2, -0.15) is 0 Å². The van der Waals surface area contributed by atoms with Gasteiger partial charge in [0.25, 0.3) is 0 Å². The molecule has 0 aliphatic carbocycles. The molecule has 4 nitrogen and oxygen atoms in total. The van der Waals surface area contributed by atoms with E-state index in [1.807, 2.05) is 37.3 Å². The molecule has 0 aliphatic rings. The minimum absolute atomic E-state index is 0.621. The molecule has 6 heteroatoms. The molecule has 2 heterocycles. The third-order valence-corrected chi connectivity index (χ3v) is 4.69. The fourth-order valence-corrected chi connectivity index (χ4v) is 3.83. The molecule has 0 radical (unpaired) electrons. The summed E-state index contributed by atoms with van der Waals surface area (Å²) in [4.78, 5) is 8.94. The predicted molar refractivity (Wildman–Crippen MR) is 83.6 cm³/mol. The summed E-state index contributed by atoms with van der Waals surface area (Å²) in [5.41, 5.74) is 7.50. The highest BCUT2D eigenvalue weighted by atomic mass is 32.2. The summed E-state index contributed by atoms with van der Waals surface area (Å²) in [6.45, 7) is 2.58. The fourth-order valence-electron chi connectivity index (χ4n) is 1.76. The van der Waals surface area contributed by atoms with Crippen molar-refractivity contribution in [1.29, 1.82) is 0 Å². The van der Waals surface area contributed by atoms with Crippen molar-refractivity contribution in [2.24, 2.45) is 0 Å². The molecule has 2 aromatic heterocycles. The van der Waals surface area contributed by atoms with Crippen LogP contribution in [0.3, 0.4) is 0 Å². The summed E-state index contributed by atoms with van der Waals surface area (Å²) in [5.74, 6) is 0.791. The number of fused-ring (bicyclic) bond motifs is 1. The van der Waals surface area contributed by atoms with Crippen molar-refractivity contribution in [3.8, 4) is 5.75 Å². The first-order valence-corrected chi connectivity index (χ1v) is 7.81. The Hall–Kier alpha value is -1.79. The summed E-state index contributed by atoms with van der Waals surface area (Å²) in [7, 11) is 0. The quantitative estimate of drug-likeness (QED) is 0.742. The van der Waals surface area contributed by atoms with Gasteiger partial charge in [0, 0.05) is 11.9 Å². The Morgan fingerprint density at radius 1 is 1.35 bits per heavy atom. The van der Waals surface area contributed by atoms with Gasteiger partial charge in [-0.3, -0.25) is 0 Å². The van der Waals surface area contributed by atoms with Gasteiger partial charge in [-0.05, 0) is 49.0 Å². The van der Waals surface area contributed by atoms with Gasteiger partial charge in [0.2, 0.25) is 0 Å². The second-order valence-corrected chi connectivity index (χ2v) is 6.32. The second kappa shape index (κ2) is 5.68. The standard InChI is InChI=1S/C14H13N3OS2/c1-2-18-11-4-3-7-16-13(11)20-14-17-10-6-5-9(15)8-12(10)19-14/h3-8H,2,15H2,1H3. The van der Waals surface area contributed by atoms with E-state index in [0.29, 0.717) is 6.61 Å². The molecule has 20 heavy (non-hydrogen) atoms. The number of pyridine rings is 1. The number of aromatic nitrogens is 2. The highest BCUT2D eigenvalue weighted by Crippen LogP contribution is 2.37. The molecule has 0 spiro atoms. The number of rotatable bonds is 4. The van der Waals surface area contributed by atoms with Crippen LogP contribution in [0.25, 0.3) is 10.2 Å². The molecule has 3 aromatic rings. The molecule has 0 fully saturated rings.